The van der Waals surface area contributed by atoms with Gasteiger partial charge < -0.3 is 9.80 Å². The monoisotopic (exact) mass is 332 g/mol. The SMILES string of the molecule is CN1C(=O)c2cccnc2N(C2CC2)c2nc(C3C=NN=C3)ccc21. The van der Waals surface area contributed by atoms with Gasteiger partial charge in [0.1, 0.15) is 5.82 Å². The maximum absolute atomic E-state index is 12.9. The predicted molar refractivity (Wildman–Crippen MR) is 96.1 cm³/mol. The fourth-order valence-corrected chi connectivity index (χ4v) is 3.32. The molecule has 5 rings (SSSR count). The number of carbonyl (C=O) groups excluding carboxylic acids is 1. The van der Waals surface area contributed by atoms with Gasteiger partial charge in [-0.1, -0.05) is 0 Å². The molecule has 0 aromatic carbocycles. The summed E-state index contributed by atoms with van der Waals surface area (Å²) < 4.78 is 0. The Hall–Kier alpha value is -3.09. The lowest BCUT2D eigenvalue weighted by atomic mass is 10.1. The molecule has 1 amide bonds. The summed E-state index contributed by atoms with van der Waals surface area (Å²) in [5, 5.41) is 7.83. The number of anilines is 3. The largest absolute Gasteiger partial charge is 0.308 e. The summed E-state index contributed by atoms with van der Waals surface area (Å²) in [6.07, 6.45) is 7.42. The minimum atomic E-state index is -0.0639. The number of pyridine rings is 2. The molecule has 1 aliphatic carbocycles. The summed E-state index contributed by atoms with van der Waals surface area (Å²) in [6, 6.07) is 7.86. The van der Waals surface area contributed by atoms with Gasteiger partial charge in [-0.15, -0.1) is 0 Å². The third-order valence-corrected chi connectivity index (χ3v) is 4.79. The van der Waals surface area contributed by atoms with Crippen molar-refractivity contribution in [3.8, 4) is 0 Å². The maximum atomic E-state index is 12.9. The molecule has 0 bridgehead atoms. The zero-order valence-electron chi connectivity index (χ0n) is 13.7. The van der Waals surface area contributed by atoms with Gasteiger partial charge in [-0.2, -0.15) is 10.2 Å². The predicted octanol–water partition coefficient (Wildman–Crippen LogP) is 2.52. The van der Waals surface area contributed by atoms with Crippen LogP contribution in [0.1, 0.15) is 34.8 Å². The molecule has 3 aliphatic rings. The van der Waals surface area contributed by atoms with E-state index in [-0.39, 0.29) is 11.8 Å². The minimum absolute atomic E-state index is 0.0289. The Bertz CT molecular complexity index is 921. The Morgan fingerprint density at radius 1 is 1.08 bits per heavy atom. The van der Waals surface area contributed by atoms with Crippen LogP contribution >= 0.6 is 0 Å². The van der Waals surface area contributed by atoms with E-state index in [4.69, 9.17) is 4.98 Å². The van der Waals surface area contributed by atoms with E-state index in [1.165, 1.54) is 0 Å². The van der Waals surface area contributed by atoms with Crippen LogP contribution in [0.5, 0.6) is 0 Å². The van der Waals surface area contributed by atoms with E-state index < -0.39 is 0 Å². The van der Waals surface area contributed by atoms with Gasteiger partial charge in [0.15, 0.2) is 5.82 Å². The molecular weight excluding hydrogens is 316 g/mol. The highest BCUT2D eigenvalue weighted by Crippen LogP contribution is 2.44. The quantitative estimate of drug-likeness (QED) is 0.847. The van der Waals surface area contributed by atoms with Gasteiger partial charge in [-0.25, -0.2) is 9.97 Å². The van der Waals surface area contributed by atoms with Crippen molar-refractivity contribution in [3.63, 3.8) is 0 Å². The average molecular weight is 332 g/mol. The molecule has 124 valence electrons. The summed E-state index contributed by atoms with van der Waals surface area (Å²) in [6.45, 7) is 0. The Kier molecular flexibility index (Phi) is 2.97. The third kappa shape index (κ3) is 2.15. The van der Waals surface area contributed by atoms with Gasteiger partial charge in [0.2, 0.25) is 0 Å². The van der Waals surface area contributed by atoms with Crippen molar-refractivity contribution in [3.05, 3.63) is 41.7 Å². The van der Waals surface area contributed by atoms with Crippen LogP contribution in [0.4, 0.5) is 17.3 Å². The zero-order chi connectivity index (χ0) is 17.0. The van der Waals surface area contributed by atoms with Crippen molar-refractivity contribution in [1.29, 1.82) is 0 Å². The fourth-order valence-electron chi connectivity index (χ4n) is 3.32. The number of rotatable bonds is 2. The van der Waals surface area contributed by atoms with Gasteiger partial charge in [0.05, 0.1) is 22.9 Å². The number of aromatic nitrogens is 2. The minimum Gasteiger partial charge on any atom is -0.308 e. The molecule has 1 saturated carbocycles. The second-order valence-corrected chi connectivity index (χ2v) is 6.47. The number of amides is 1. The lowest BCUT2D eigenvalue weighted by molar-refractivity contribution is 0.0994. The lowest BCUT2D eigenvalue weighted by Gasteiger charge is -2.25. The van der Waals surface area contributed by atoms with Gasteiger partial charge in [0, 0.05) is 31.7 Å². The number of fused-ring (bicyclic) bond motifs is 2. The lowest BCUT2D eigenvalue weighted by Crippen LogP contribution is -2.25. The van der Waals surface area contributed by atoms with Gasteiger partial charge >= 0.3 is 0 Å². The molecule has 0 unspecified atom stereocenters. The summed E-state index contributed by atoms with van der Waals surface area (Å²) in [5.74, 6) is 1.38. The fraction of sp³-hybridized carbons (Fsp3) is 0.278. The maximum Gasteiger partial charge on any atom is 0.261 e. The number of hydrogen-bond acceptors (Lipinski definition) is 6. The molecule has 0 saturated heterocycles. The molecule has 25 heavy (non-hydrogen) atoms. The highest BCUT2D eigenvalue weighted by Gasteiger charge is 2.39. The van der Waals surface area contributed by atoms with Crippen molar-refractivity contribution in [2.24, 2.45) is 10.2 Å². The molecule has 1 fully saturated rings. The van der Waals surface area contributed by atoms with Crippen LogP contribution in [0, 0.1) is 0 Å². The van der Waals surface area contributed by atoms with Crippen LogP contribution in [0.2, 0.25) is 0 Å². The molecule has 7 heteroatoms. The first-order chi connectivity index (χ1) is 12.2. The number of carbonyl (C=O) groups is 1. The highest BCUT2D eigenvalue weighted by molar-refractivity contribution is 6.12. The second-order valence-electron chi connectivity index (χ2n) is 6.47. The van der Waals surface area contributed by atoms with E-state index in [2.05, 4.69) is 20.1 Å². The van der Waals surface area contributed by atoms with E-state index in [9.17, 15) is 4.79 Å². The Balaban J connectivity index is 1.73. The second kappa shape index (κ2) is 5.20. The molecule has 2 aliphatic heterocycles. The molecule has 2 aromatic heterocycles. The average Bonchev–Trinajstić information content (AvgIpc) is 3.33. The van der Waals surface area contributed by atoms with Gasteiger partial charge in [-0.05, 0) is 37.1 Å². The number of nitrogens with zero attached hydrogens (tertiary/aromatic N) is 6. The Morgan fingerprint density at radius 2 is 1.88 bits per heavy atom. The van der Waals surface area contributed by atoms with Crippen LogP contribution in [-0.4, -0.2) is 41.4 Å². The standard InChI is InChI=1S/C18H16N6O/c1-23-15-7-6-14(11-9-20-21-10-11)22-17(15)24(12-4-5-12)16-13(18(23)25)3-2-8-19-16/h2-3,6-12H,4-5H2,1H3. The Morgan fingerprint density at radius 3 is 2.64 bits per heavy atom. The van der Waals surface area contributed by atoms with Crippen LogP contribution in [0.3, 0.4) is 0 Å². The van der Waals surface area contributed by atoms with Crippen molar-refractivity contribution in [1.82, 2.24) is 9.97 Å². The Labute approximate surface area is 144 Å². The van der Waals surface area contributed by atoms with Crippen molar-refractivity contribution in [2.75, 3.05) is 16.8 Å². The first-order valence-electron chi connectivity index (χ1n) is 8.34. The first kappa shape index (κ1) is 14.3. The molecule has 4 heterocycles. The van der Waals surface area contributed by atoms with E-state index in [1.54, 1.807) is 36.6 Å². The zero-order valence-corrected chi connectivity index (χ0v) is 13.7. The highest BCUT2D eigenvalue weighted by atomic mass is 16.2. The van der Waals surface area contributed by atoms with Crippen LogP contribution in [0.25, 0.3) is 0 Å². The van der Waals surface area contributed by atoms with Crippen molar-refractivity contribution < 1.29 is 4.79 Å². The van der Waals surface area contributed by atoms with Gasteiger partial charge in [0.25, 0.3) is 5.91 Å². The normalized spacial score (nSPS) is 19.2. The third-order valence-electron chi connectivity index (χ3n) is 4.79. The summed E-state index contributed by atoms with van der Waals surface area (Å²) in [7, 11) is 1.79. The van der Waals surface area contributed by atoms with E-state index >= 15 is 0 Å². The van der Waals surface area contributed by atoms with Crippen molar-refractivity contribution >= 4 is 35.7 Å². The van der Waals surface area contributed by atoms with Gasteiger partial charge in [-0.3, -0.25) is 4.79 Å². The van der Waals surface area contributed by atoms with Crippen LogP contribution in [-0.2, 0) is 0 Å². The molecule has 0 radical (unpaired) electrons. The molecule has 0 atom stereocenters. The summed E-state index contributed by atoms with van der Waals surface area (Å²) in [4.78, 5) is 26.1. The van der Waals surface area contributed by atoms with E-state index in [0.29, 0.717) is 17.4 Å². The molecule has 2 aromatic rings. The number of hydrogen-bond donors (Lipinski definition) is 0. The molecule has 0 spiro atoms. The van der Waals surface area contributed by atoms with Crippen LogP contribution in [0.15, 0.2) is 40.7 Å². The van der Waals surface area contributed by atoms with Crippen LogP contribution < -0.4 is 9.80 Å². The van der Waals surface area contributed by atoms with Crippen molar-refractivity contribution in [2.45, 2.75) is 24.8 Å². The molecule has 7 nitrogen and oxygen atoms in total. The topological polar surface area (TPSA) is 74.1 Å². The van der Waals surface area contributed by atoms with E-state index in [1.807, 2.05) is 18.2 Å². The summed E-state index contributed by atoms with van der Waals surface area (Å²) >= 11 is 0. The first-order valence-corrected chi connectivity index (χ1v) is 8.34. The molecule has 0 N–H and O–H groups in total. The smallest absolute Gasteiger partial charge is 0.261 e. The van der Waals surface area contributed by atoms with E-state index in [0.717, 1.165) is 30.0 Å². The molecular formula is C18H16N6O. The summed E-state index contributed by atoms with van der Waals surface area (Å²) in [5.41, 5.74) is 2.28.